The van der Waals surface area contributed by atoms with Crippen LogP contribution in [0.25, 0.3) is 0 Å². The van der Waals surface area contributed by atoms with E-state index in [1.807, 2.05) is 23.1 Å². The van der Waals surface area contributed by atoms with Gasteiger partial charge in [0.05, 0.1) is 5.41 Å². The SMILES string of the molecule is COCCC1(C(N)=O)CCN(C2CCN(C(=O)NCCc3ccccc3)CC2)CC1. The minimum atomic E-state index is -0.425. The summed E-state index contributed by atoms with van der Waals surface area (Å²) in [5, 5.41) is 3.05. The van der Waals surface area contributed by atoms with E-state index >= 15 is 0 Å². The third kappa shape index (κ3) is 5.73. The van der Waals surface area contributed by atoms with Crippen molar-refractivity contribution in [2.45, 2.75) is 44.6 Å². The Hall–Kier alpha value is -2.12. The van der Waals surface area contributed by atoms with E-state index in [1.165, 1.54) is 5.56 Å². The number of urea groups is 1. The fourth-order valence-electron chi connectivity index (χ4n) is 4.74. The Balaban J connectivity index is 1.39. The molecule has 2 fully saturated rings. The lowest BCUT2D eigenvalue weighted by molar-refractivity contribution is -0.132. The van der Waals surface area contributed by atoms with Crippen molar-refractivity contribution in [3.05, 3.63) is 35.9 Å². The molecular weight excluding hydrogens is 380 g/mol. The van der Waals surface area contributed by atoms with Gasteiger partial charge in [-0.2, -0.15) is 0 Å². The monoisotopic (exact) mass is 416 g/mol. The molecule has 0 radical (unpaired) electrons. The number of primary amides is 1. The molecule has 0 aliphatic carbocycles. The summed E-state index contributed by atoms with van der Waals surface area (Å²) in [5.74, 6) is -0.193. The number of likely N-dealkylation sites (tertiary alicyclic amines) is 2. The molecule has 0 aromatic heterocycles. The summed E-state index contributed by atoms with van der Waals surface area (Å²) in [6.45, 7) is 4.57. The van der Waals surface area contributed by atoms with Gasteiger partial charge in [-0.1, -0.05) is 30.3 Å². The van der Waals surface area contributed by atoms with Crippen molar-refractivity contribution in [1.29, 1.82) is 0 Å². The van der Waals surface area contributed by atoms with Crippen LogP contribution in [0.15, 0.2) is 30.3 Å². The van der Waals surface area contributed by atoms with Crippen LogP contribution in [0.4, 0.5) is 4.79 Å². The van der Waals surface area contributed by atoms with Gasteiger partial charge in [0, 0.05) is 39.4 Å². The van der Waals surface area contributed by atoms with E-state index in [9.17, 15) is 9.59 Å². The molecule has 3 rings (SSSR count). The number of nitrogens with two attached hydrogens (primary N) is 1. The normalized spacial score (nSPS) is 20.1. The average molecular weight is 417 g/mol. The molecule has 3 amide bonds. The molecule has 30 heavy (non-hydrogen) atoms. The Morgan fingerprint density at radius 1 is 1.13 bits per heavy atom. The van der Waals surface area contributed by atoms with Crippen LogP contribution in [0.5, 0.6) is 0 Å². The summed E-state index contributed by atoms with van der Waals surface area (Å²) >= 11 is 0. The Labute approximate surface area is 179 Å². The van der Waals surface area contributed by atoms with Crippen LogP contribution in [0.1, 0.15) is 37.7 Å². The van der Waals surface area contributed by atoms with Gasteiger partial charge >= 0.3 is 6.03 Å². The second-order valence-corrected chi connectivity index (χ2v) is 8.61. The van der Waals surface area contributed by atoms with Crippen LogP contribution in [-0.4, -0.2) is 74.2 Å². The van der Waals surface area contributed by atoms with E-state index in [1.54, 1.807) is 7.11 Å². The zero-order valence-corrected chi connectivity index (χ0v) is 18.1. The smallest absolute Gasteiger partial charge is 0.317 e. The van der Waals surface area contributed by atoms with Crippen LogP contribution in [0.2, 0.25) is 0 Å². The van der Waals surface area contributed by atoms with Crippen molar-refractivity contribution >= 4 is 11.9 Å². The predicted octanol–water partition coefficient (Wildman–Crippen LogP) is 2.01. The zero-order chi connectivity index (χ0) is 21.4. The maximum absolute atomic E-state index is 12.5. The highest BCUT2D eigenvalue weighted by Gasteiger charge is 2.41. The van der Waals surface area contributed by atoms with Gasteiger partial charge in [0.25, 0.3) is 0 Å². The highest BCUT2D eigenvalue weighted by atomic mass is 16.5. The first kappa shape index (κ1) is 22.6. The standard InChI is InChI=1S/C23H36N4O3/c1-30-18-12-23(21(24)28)10-16-26(17-11-23)20-8-14-27(15-9-20)22(29)25-13-7-19-5-3-2-4-6-19/h2-6,20H,7-18H2,1H3,(H2,24,28)(H,25,29). The van der Waals surface area contributed by atoms with E-state index in [0.29, 0.717) is 25.6 Å². The molecule has 0 bridgehead atoms. The van der Waals surface area contributed by atoms with Crippen LogP contribution in [0.3, 0.4) is 0 Å². The quantitative estimate of drug-likeness (QED) is 0.679. The molecule has 166 valence electrons. The molecule has 0 unspecified atom stereocenters. The largest absolute Gasteiger partial charge is 0.385 e. The maximum Gasteiger partial charge on any atom is 0.317 e. The highest BCUT2D eigenvalue weighted by molar-refractivity contribution is 5.81. The number of piperidine rings is 2. The first-order valence-corrected chi connectivity index (χ1v) is 11.1. The molecule has 1 aromatic rings. The molecule has 2 saturated heterocycles. The van der Waals surface area contributed by atoms with Gasteiger partial charge in [0.2, 0.25) is 5.91 Å². The summed E-state index contributed by atoms with van der Waals surface area (Å²) in [4.78, 5) is 28.9. The number of methoxy groups -OCH3 is 1. The van der Waals surface area contributed by atoms with E-state index in [4.69, 9.17) is 10.5 Å². The Morgan fingerprint density at radius 3 is 2.40 bits per heavy atom. The highest BCUT2D eigenvalue weighted by Crippen LogP contribution is 2.36. The second kappa shape index (κ2) is 10.8. The lowest BCUT2D eigenvalue weighted by atomic mass is 9.74. The third-order valence-corrected chi connectivity index (χ3v) is 6.86. The molecule has 2 aliphatic heterocycles. The molecule has 2 heterocycles. The summed E-state index contributed by atoms with van der Waals surface area (Å²) in [5.41, 5.74) is 6.54. The maximum atomic E-state index is 12.5. The van der Waals surface area contributed by atoms with Gasteiger partial charge in [-0.3, -0.25) is 4.79 Å². The van der Waals surface area contributed by atoms with Gasteiger partial charge in [-0.15, -0.1) is 0 Å². The summed E-state index contributed by atoms with van der Waals surface area (Å²) in [7, 11) is 1.66. The molecule has 7 nitrogen and oxygen atoms in total. The first-order valence-electron chi connectivity index (χ1n) is 11.1. The van der Waals surface area contributed by atoms with Gasteiger partial charge in [0.1, 0.15) is 0 Å². The Kier molecular flexibility index (Phi) is 8.10. The Morgan fingerprint density at radius 2 is 1.80 bits per heavy atom. The molecule has 0 spiro atoms. The number of carbonyl (C=O) groups excluding carboxylic acids is 2. The molecule has 0 atom stereocenters. The predicted molar refractivity (Wildman–Crippen MR) is 117 cm³/mol. The number of carbonyl (C=O) groups is 2. The number of benzene rings is 1. The van der Waals surface area contributed by atoms with Crippen LogP contribution < -0.4 is 11.1 Å². The van der Waals surface area contributed by atoms with Gasteiger partial charge < -0.3 is 25.6 Å². The minimum absolute atomic E-state index is 0.0373. The van der Waals surface area contributed by atoms with E-state index in [-0.39, 0.29) is 11.9 Å². The van der Waals surface area contributed by atoms with Crippen molar-refractivity contribution in [1.82, 2.24) is 15.1 Å². The molecule has 1 aromatic carbocycles. The average Bonchev–Trinajstić information content (AvgIpc) is 2.78. The number of hydrogen-bond acceptors (Lipinski definition) is 4. The lowest BCUT2D eigenvalue weighted by Crippen LogP contribution is -2.54. The Bertz CT molecular complexity index is 681. The van der Waals surface area contributed by atoms with E-state index in [2.05, 4.69) is 22.3 Å². The van der Waals surface area contributed by atoms with Crippen molar-refractivity contribution in [2.24, 2.45) is 11.1 Å². The number of amides is 3. The number of rotatable bonds is 8. The topological polar surface area (TPSA) is 87.9 Å². The minimum Gasteiger partial charge on any atom is -0.385 e. The molecule has 2 aliphatic rings. The second-order valence-electron chi connectivity index (χ2n) is 8.61. The van der Waals surface area contributed by atoms with Crippen molar-refractivity contribution in [3.8, 4) is 0 Å². The van der Waals surface area contributed by atoms with Gasteiger partial charge in [-0.05, 0) is 57.2 Å². The molecule has 0 saturated carbocycles. The summed E-state index contributed by atoms with van der Waals surface area (Å²) < 4.78 is 5.19. The fraction of sp³-hybridized carbons (Fsp3) is 0.652. The van der Waals surface area contributed by atoms with Crippen molar-refractivity contribution in [2.75, 3.05) is 46.4 Å². The molecule has 7 heteroatoms. The van der Waals surface area contributed by atoms with E-state index < -0.39 is 5.41 Å². The van der Waals surface area contributed by atoms with Crippen molar-refractivity contribution in [3.63, 3.8) is 0 Å². The molecule has 3 N–H and O–H groups in total. The van der Waals surface area contributed by atoms with E-state index in [0.717, 1.165) is 58.3 Å². The first-order chi connectivity index (χ1) is 14.5. The number of nitrogens with one attached hydrogen (secondary N) is 1. The number of hydrogen-bond donors (Lipinski definition) is 2. The summed E-state index contributed by atoms with van der Waals surface area (Å²) in [6, 6.07) is 10.7. The lowest BCUT2D eigenvalue weighted by Gasteiger charge is -2.45. The van der Waals surface area contributed by atoms with Gasteiger partial charge in [0.15, 0.2) is 0 Å². The fourth-order valence-corrected chi connectivity index (χ4v) is 4.74. The van der Waals surface area contributed by atoms with Crippen LogP contribution in [0, 0.1) is 5.41 Å². The number of ether oxygens (including phenoxy) is 1. The van der Waals surface area contributed by atoms with Gasteiger partial charge in [-0.25, -0.2) is 4.79 Å². The van der Waals surface area contributed by atoms with Crippen molar-refractivity contribution < 1.29 is 14.3 Å². The third-order valence-electron chi connectivity index (χ3n) is 6.86. The molecular formula is C23H36N4O3. The van der Waals surface area contributed by atoms with Crippen LogP contribution in [-0.2, 0) is 16.0 Å². The van der Waals surface area contributed by atoms with Crippen LogP contribution >= 0.6 is 0 Å². The number of nitrogens with zero attached hydrogens (tertiary/aromatic N) is 2. The zero-order valence-electron chi connectivity index (χ0n) is 18.1. The summed E-state index contributed by atoms with van der Waals surface area (Å²) in [6.07, 6.45) is 5.11.